The normalized spacial score (nSPS) is 10.7. The lowest BCUT2D eigenvalue weighted by Crippen LogP contribution is -2.14. The smallest absolute Gasteiger partial charge is 0.267 e. The van der Waals surface area contributed by atoms with E-state index in [4.69, 9.17) is 0 Å². The molecule has 0 bridgehead atoms. The number of anilines is 2. The topological polar surface area (TPSA) is 64.9 Å². The predicted octanol–water partition coefficient (Wildman–Crippen LogP) is 4.47. The highest BCUT2D eigenvalue weighted by Crippen LogP contribution is 2.17. The van der Waals surface area contributed by atoms with Crippen LogP contribution < -0.4 is 10.6 Å². The Bertz CT molecular complexity index is 761. The molecule has 2 rings (SSSR count). The molecule has 0 saturated carbocycles. The Hall–Kier alpha value is -2.58. The number of hydrogen-bond donors (Lipinski definition) is 2. The molecule has 116 valence electrons. The van der Waals surface area contributed by atoms with Gasteiger partial charge >= 0.3 is 0 Å². The fraction of sp³-hybridized carbons (Fsp3) is 0.111. The molecule has 0 unspecified atom stereocenters. The number of nitriles is 1. The van der Waals surface area contributed by atoms with Crippen LogP contribution in [-0.4, -0.2) is 5.91 Å². The van der Waals surface area contributed by atoms with Gasteiger partial charge in [-0.05, 0) is 42.3 Å². The first-order valence-electron chi connectivity index (χ1n) is 7.15. The Labute approximate surface area is 144 Å². The summed E-state index contributed by atoms with van der Waals surface area (Å²) in [5.74, 6) is -0.448. The number of carbonyl (C=O) groups is 1. The van der Waals surface area contributed by atoms with Crippen LogP contribution in [0.3, 0.4) is 0 Å². The van der Waals surface area contributed by atoms with Crippen molar-refractivity contribution >= 4 is 33.2 Å². The number of halogens is 1. The van der Waals surface area contributed by atoms with Crippen molar-refractivity contribution in [3.63, 3.8) is 0 Å². The maximum atomic E-state index is 12.2. The SMILES string of the molecule is CCc1ccccc1N/C=C(/C#N)C(=O)Nc1ccc(Br)cc1. The van der Waals surface area contributed by atoms with E-state index in [9.17, 15) is 10.1 Å². The molecule has 0 aliphatic heterocycles. The molecule has 0 aliphatic carbocycles. The van der Waals surface area contributed by atoms with Crippen LogP contribution in [-0.2, 0) is 11.2 Å². The Balaban J connectivity index is 2.10. The number of nitrogens with one attached hydrogen (secondary N) is 2. The van der Waals surface area contributed by atoms with E-state index in [1.54, 1.807) is 12.1 Å². The van der Waals surface area contributed by atoms with E-state index in [0.717, 1.165) is 22.1 Å². The number of aryl methyl sites for hydroxylation is 1. The van der Waals surface area contributed by atoms with Crippen molar-refractivity contribution in [1.29, 1.82) is 5.26 Å². The number of nitrogens with zero attached hydrogens (tertiary/aromatic N) is 1. The van der Waals surface area contributed by atoms with E-state index in [2.05, 4.69) is 33.5 Å². The van der Waals surface area contributed by atoms with E-state index in [1.807, 2.05) is 42.5 Å². The van der Waals surface area contributed by atoms with Crippen LogP contribution in [0.5, 0.6) is 0 Å². The van der Waals surface area contributed by atoms with Gasteiger partial charge in [0.25, 0.3) is 5.91 Å². The minimum Gasteiger partial charge on any atom is -0.360 e. The first-order valence-corrected chi connectivity index (χ1v) is 7.95. The summed E-state index contributed by atoms with van der Waals surface area (Å²) in [6.45, 7) is 2.05. The highest BCUT2D eigenvalue weighted by molar-refractivity contribution is 9.10. The average Bonchev–Trinajstić information content (AvgIpc) is 2.58. The van der Waals surface area contributed by atoms with Crippen molar-refractivity contribution in [1.82, 2.24) is 0 Å². The lowest BCUT2D eigenvalue weighted by Gasteiger charge is -2.08. The molecule has 2 N–H and O–H groups in total. The van der Waals surface area contributed by atoms with Crippen molar-refractivity contribution in [3.05, 3.63) is 70.3 Å². The largest absolute Gasteiger partial charge is 0.360 e. The number of rotatable bonds is 5. The summed E-state index contributed by atoms with van der Waals surface area (Å²) >= 11 is 3.33. The Morgan fingerprint density at radius 1 is 1.22 bits per heavy atom. The van der Waals surface area contributed by atoms with Crippen LogP contribution in [0.4, 0.5) is 11.4 Å². The number of amides is 1. The third kappa shape index (κ3) is 4.70. The van der Waals surface area contributed by atoms with Crippen molar-refractivity contribution in [3.8, 4) is 6.07 Å². The van der Waals surface area contributed by atoms with Gasteiger partial charge in [0, 0.05) is 22.0 Å². The summed E-state index contributed by atoms with van der Waals surface area (Å²) in [5.41, 5.74) is 2.65. The molecule has 2 aromatic rings. The van der Waals surface area contributed by atoms with E-state index in [1.165, 1.54) is 6.20 Å². The molecule has 0 spiro atoms. The quantitative estimate of drug-likeness (QED) is 0.603. The molecule has 0 atom stereocenters. The van der Waals surface area contributed by atoms with Crippen LogP contribution in [0.15, 0.2) is 64.8 Å². The fourth-order valence-electron chi connectivity index (χ4n) is 2.00. The van der Waals surface area contributed by atoms with Crippen molar-refractivity contribution in [2.24, 2.45) is 0 Å². The van der Waals surface area contributed by atoms with Crippen LogP contribution in [0, 0.1) is 11.3 Å². The number of para-hydroxylation sites is 1. The monoisotopic (exact) mass is 369 g/mol. The van der Waals surface area contributed by atoms with Crippen LogP contribution in [0.25, 0.3) is 0 Å². The third-order valence-corrected chi connectivity index (χ3v) is 3.77. The zero-order chi connectivity index (χ0) is 16.7. The van der Waals surface area contributed by atoms with Gasteiger partial charge in [-0.25, -0.2) is 0 Å². The third-order valence-electron chi connectivity index (χ3n) is 3.24. The van der Waals surface area contributed by atoms with Gasteiger partial charge in [-0.3, -0.25) is 4.79 Å². The molecule has 0 heterocycles. The Morgan fingerprint density at radius 3 is 2.57 bits per heavy atom. The molecule has 1 amide bonds. The Kier molecular flexibility index (Phi) is 5.95. The van der Waals surface area contributed by atoms with Crippen molar-refractivity contribution < 1.29 is 4.79 Å². The zero-order valence-corrected chi connectivity index (χ0v) is 14.2. The van der Waals surface area contributed by atoms with Gasteiger partial charge in [-0.15, -0.1) is 0 Å². The lowest BCUT2D eigenvalue weighted by molar-refractivity contribution is -0.112. The summed E-state index contributed by atoms with van der Waals surface area (Å²) in [6.07, 6.45) is 2.30. The van der Waals surface area contributed by atoms with Gasteiger partial charge in [-0.2, -0.15) is 5.26 Å². The molecule has 23 heavy (non-hydrogen) atoms. The molecule has 0 aromatic heterocycles. The van der Waals surface area contributed by atoms with Gasteiger partial charge < -0.3 is 10.6 Å². The summed E-state index contributed by atoms with van der Waals surface area (Å²) in [6, 6.07) is 16.9. The summed E-state index contributed by atoms with van der Waals surface area (Å²) in [7, 11) is 0. The standard InChI is InChI=1S/C18H16BrN3O/c1-2-13-5-3-4-6-17(13)21-12-14(11-20)18(23)22-16-9-7-15(19)8-10-16/h3-10,12,21H,2H2,1H3,(H,22,23)/b14-12-. The van der Waals surface area contributed by atoms with Crippen LogP contribution >= 0.6 is 15.9 Å². The molecule has 0 fully saturated rings. The maximum absolute atomic E-state index is 12.2. The maximum Gasteiger partial charge on any atom is 0.267 e. The minimum absolute atomic E-state index is 0.0128. The van der Waals surface area contributed by atoms with Crippen molar-refractivity contribution in [2.45, 2.75) is 13.3 Å². The van der Waals surface area contributed by atoms with Gasteiger partial charge in [0.2, 0.25) is 0 Å². The number of benzene rings is 2. The predicted molar refractivity (Wildman–Crippen MR) is 95.9 cm³/mol. The van der Waals surface area contributed by atoms with E-state index >= 15 is 0 Å². The van der Waals surface area contributed by atoms with Crippen LogP contribution in [0.2, 0.25) is 0 Å². The van der Waals surface area contributed by atoms with Gasteiger partial charge in [-0.1, -0.05) is 41.1 Å². The molecule has 0 aliphatic rings. The van der Waals surface area contributed by atoms with E-state index in [-0.39, 0.29) is 5.57 Å². The summed E-state index contributed by atoms with van der Waals surface area (Å²) in [5, 5.41) is 14.9. The van der Waals surface area contributed by atoms with Crippen LogP contribution in [0.1, 0.15) is 12.5 Å². The second-order valence-electron chi connectivity index (χ2n) is 4.79. The first-order chi connectivity index (χ1) is 11.1. The first kappa shape index (κ1) is 16.8. The summed E-state index contributed by atoms with van der Waals surface area (Å²) in [4.78, 5) is 12.2. The van der Waals surface area contributed by atoms with Gasteiger partial charge in [0.05, 0.1) is 0 Å². The molecule has 4 nitrogen and oxygen atoms in total. The average molecular weight is 370 g/mol. The van der Waals surface area contributed by atoms with E-state index < -0.39 is 5.91 Å². The summed E-state index contributed by atoms with van der Waals surface area (Å²) < 4.78 is 0.921. The lowest BCUT2D eigenvalue weighted by atomic mass is 10.1. The van der Waals surface area contributed by atoms with E-state index in [0.29, 0.717) is 5.69 Å². The van der Waals surface area contributed by atoms with Crippen molar-refractivity contribution in [2.75, 3.05) is 10.6 Å². The van der Waals surface area contributed by atoms with Gasteiger partial charge in [0.1, 0.15) is 11.6 Å². The molecule has 5 heteroatoms. The highest BCUT2D eigenvalue weighted by Gasteiger charge is 2.09. The number of hydrogen-bond acceptors (Lipinski definition) is 3. The highest BCUT2D eigenvalue weighted by atomic mass is 79.9. The second kappa shape index (κ2) is 8.16. The minimum atomic E-state index is -0.448. The number of carbonyl (C=O) groups excluding carboxylic acids is 1. The van der Waals surface area contributed by atoms with Gasteiger partial charge in [0.15, 0.2) is 0 Å². The molecular formula is C18H16BrN3O. The molecule has 0 radical (unpaired) electrons. The molecule has 2 aromatic carbocycles. The second-order valence-corrected chi connectivity index (χ2v) is 5.70. The molecule has 0 saturated heterocycles. The fourth-order valence-corrected chi connectivity index (χ4v) is 2.26. The zero-order valence-electron chi connectivity index (χ0n) is 12.6. The molecular weight excluding hydrogens is 354 g/mol. The Morgan fingerprint density at radius 2 is 1.91 bits per heavy atom.